The van der Waals surface area contributed by atoms with Gasteiger partial charge in [0.05, 0.1) is 6.61 Å². The number of H-pyrrole nitrogens is 1. The van der Waals surface area contributed by atoms with Gasteiger partial charge >= 0.3 is 6.01 Å². The Hall–Kier alpha value is -1.59. The SMILES string of the molecule is CCOc1n[nH]c(NC(=O)C2CCCCC2(C)C)n1. The predicted octanol–water partition coefficient (Wildman–Crippen LogP) is 2.36. The molecule has 1 aliphatic rings. The molecule has 2 rings (SSSR count). The topological polar surface area (TPSA) is 79.9 Å². The van der Waals surface area contributed by atoms with E-state index in [-0.39, 0.29) is 23.3 Å². The van der Waals surface area contributed by atoms with Crippen LogP contribution in [0.4, 0.5) is 5.95 Å². The highest BCUT2D eigenvalue weighted by molar-refractivity contribution is 5.91. The molecule has 1 unspecified atom stereocenters. The van der Waals surface area contributed by atoms with Gasteiger partial charge in [0.2, 0.25) is 11.9 Å². The summed E-state index contributed by atoms with van der Waals surface area (Å²) >= 11 is 0. The first-order chi connectivity index (χ1) is 9.03. The first kappa shape index (κ1) is 13.8. The quantitative estimate of drug-likeness (QED) is 0.876. The molecule has 1 heterocycles. The molecule has 106 valence electrons. The zero-order valence-electron chi connectivity index (χ0n) is 11.8. The molecule has 1 saturated carbocycles. The van der Waals surface area contributed by atoms with Gasteiger partial charge in [-0.25, -0.2) is 5.10 Å². The summed E-state index contributed by atoms with van der Waals surface area (Å²) in [6, 6.07) is 0.265. The van der Waals surface area contributed by atoms with Crippen LogP contribution in [-0.4, -0.2) is 27.7 Å². The average Bonchev–Trinajstić information content (AvgIpc) is 2.76. The Bertz CT molecular complexity index is 442. The molecule has 1 fully saturated rings. The second kappa shape index (κ2) is 5.59. The van der Waals surface area contributed by atoms with Crippen LogP contribution in [0, 0.1) is 11.3 Å². The van der Waals surface area contributed by atoms with Gasteiger partial charge in [0.1, 0.15) is 0 Å². The van der Waals surface area contributed by atoms with E-state index in [0.29, 0.717) is 12.6 Å². The molecule has 6 heteroatoms. The minimum atomic E-state index is 0.0175. The molecule has 0 aliphatic heterocycles. The highest BCUT2D eigenvalue weighted by Crippen LogP contribution is 2.40. The van der Waals surface area contributed by atoms with Crippen LogP contribution in [0.15, 0.2) is 0 Å². The van der Waals surface area contributed by atoms with Crippen LogP contribution >= 0.6 is 0 Å². The molecule has 1 aliphatic carbocycles. The third-order valence-corrected chi connectivity index (χ3v) is 3.80. The predicted molar refractivity (Wildman–Crippen MR) is 71.9 cm³/mol. The van der Waals surface area contributed by atoms with E-state index < -0.39 is 0 Å². The number of ether oxygens (including phenoxy) is 1. The van der Waals surface area contributed by atoms with Crippen molar-refractivity contribution in [1.29, 1.82) is 0 Å². The number of carbonyl (C=O) groups excluding carboxylic acids is 1. The van der Waals surface area contributed by atoms with Crippen LogP contribution in [0.1, 0.15) is 46.5 Å². The second-order valence-corrected chi connectivity index (χ2v) is 5.68. The van der Waals surface area contributed by atoms with E-state index in [2.05, 4.69) is 34.3 Å². The van der Waals surface area contributed by atoms with Crippen LogP contribution in [0.5, 0.6) is 6.01 Å². The maximum Gasteiger partial charge on any atom is 0.337 e. The number of nitrogens with one attached hydrogen (secondary N) is 2. The first-order valence-corrected chi connectivity index (χ1v) is 6.89. The Labute approximate surface area is 113 Å². The molecule has 1 amide bonds. The van der Waals surface area contributed by atoms with Crippen LogP contribution < -0.4 is 10.1 Å². The number of nitrogens with zero attached hydrogens (tertiary/aromatic N) is 2. The minimum absolute atomic E-state index is 0.0175. The average molecular weight is 266 g/mol. The lowest BCUT2D eigenvalue weighted by Gasteiger charge is -2.37. The molecule has 2 N–H and O–H groups in total. The molecular formula is C13H22N4O2. The van der Waals surface area contributed by atoms with Crippen LogP contribution in [0.25, 0.3) is 0 Å². The highest BCUT2D eigenvalue weighted by Gasteiger charge is 2.37. The fourth-order valence-corrected chi connectivity index (χ4v) is 2.68. The van der Waals surface area contributed by atoms with Crippen LogP contribution in [0.2, 0.25) is 0 Å². The third kappa shape index (κ3) is 3.24. The monoisotopic (exact) mass is 266 g/mol. The Morgan fingerprint density at radius 2 is 2.32 bits per heavy atom. The Morgan fingerprint density at radius 1 is 1.53 bits per heavy atom. The minimum Gasteiger partial charge on any atom is -0.463 e. The van der Waals surface area contributed by atoms with Crippen molar-refractivity contribution in [2.24, 2.45) is 11.3 Å². The molecule has 0 saturated heterocycles. The summed E-state index contributed by atoms with van der Waals surface area (Å²) in [7, 11) is 0. The lowest BCUT2D eigenvalue weighted by Crippen LogP contribution is -2.37. The summed E-state index contributed by atoms with van der Waals surface area (Å²) in [6.07, 6.45) is 4.34. The molecule has 19 heavy (non-hydrogen) atoms. The van der Waals surface area contributed by atoms with E-state index >= 15 is 0 Å². The normalized spacial score (nSPS) is 21.9. The van der Waals surface area contributed by atoms with Crippen molar-refractivity contribution >= 4 is 11.9 Å². The maximum atomic E-state index is 12.3. The van der Waals surface area contributed by atoms with Crippen LogP contribution in [0.3, 0.4) is 0 Å². The molecule has 6 nitrogen and oxygen atoms in total. The summed E-state index contributed by atoms with van der Waals surface area (Å²) in [5.41, 5.74) is 0.0467. The van der Waals surface area contributed by atoms with E-state index in [1.807, 2.05) is 6.92 Å². The lowest BCUT2D eigenvalue weighted by atomic mass is 9.68. The van der Waals surface area contributed by atoms with Gasteiger partial charge in [-0.15, -0.1) is 5.10 Å². The van der Waals surface area contributed by atoms with Crippen molar-refractivity contribution in [3.05, 3.63) is 0 Å². The molecule has 0 radical (unpaired) electrons. The van der Waals surface area contributed by atoms with Gasteiger partial charge < -0.3 is 4.74 Å². The number of hydrogen-bond donors (Lipinski definition) is 2. The van der Waals surface area contributed by atoms with E-state index in [4.69, 9.17) is 4.74 Å². The number of aromatic nitrogens is 3. The molecule has 1 aromatic rings. The number of anilines is 1. The van der Waals surface area contributed by atoms with Gasteiger partial charge in [-0.05, 0) is 25.2 Å². The zero-order valence-corrected chi connectivity index (χ0v) is 11.8. The van der Waals surface area contributed by atoms with E-state index in [9.17, 15) is 4.79 Å². The van der Waals surface area contributed by atoms with Gasteiger partial charge in [-0.1, -0.05) is 26.7 Å². The Morgan fingerprint density at radius 3 is 3.00 bits per heavy atom. The number of amides is 1. The van der Waals surface area contributed by atoms with Gasteiger partial charge in [0, 0.05) is 5.92 Å². The van der Waals surface area contributed by atoms with Crippen LogP contribution in [-0.2, 0) is 4.79 Å². The maximum absolute atomic E-state index is 12.3. The summed E-state index contributed by atoms with van der Waals surface area (Å²) < 4.78 is 5.15. The van der Waals surface area contributed by atoms with Crippen molar-refractivity contribution in [3.8, 4) is 6.01 Å². The van der Waals surface area contributed by atoms with Gasteiger partial charge in [0.25, 0.3) is 0 Å². The Balaban J connectivity index is 1.99. The molecule has 1 aromatic heterocycles. The molecular weight excluding hydrogens is 244 g/mol. The third-order valence-electron chi connectivity index (χ3n) is 3.80. The summed E-state index contributed by atoms with van der Waals surface area (Å²) in [6.45, 7) is 6.67. The van der Waals surface area contributed by atoms with Crippen molar-refractivity contribution in [2.45, 2.75) is 46.5 Å². The van der Waals surface area contributed by atoms with E-state index in [1.54, 1.807) is 0 Å². The standard InChI is InChI=1S/C13H22N4O2/c1-4-19-12-15-11(16-17-12)14-10(18)9-7-5-6-8-13(9,2)3/h9H,4-8H2,1-3H3,(H2,14,15,16,17,18). The van der Waals surface area contributed by atoms with Gasteiger partial charge in [0.15, 0.2) is 0 Å². The molecule has 0 spiro atoms. The smallest absolute Gasteiger partial charge is 0.337 e. The zero-order chi connectivity index (χ0) is 13.9. The van der Waals surface area contributed by atoms with E-state index in [0.717, 1.165) is 19.3 Å². The molecule has 1 atom stereocenters. The van der Waals surface area contributed by atoms with Gasteiger partial charge in [-0.2, -0.15) is 4.98 Å². The number of hydrogen-bond acceptors (Lipinski definition) is 4. The number of rotatable bonds is 4. The van der Waals surface area contributed by atoms with E-state index in [1.165, 1.54) is 6.42 Å². The summed E-state index contributed by atoms with van der Waals surface area (Å²) in [4.78, 5) is 16.4. The van der Waals surface area contributed by atoms with Crippen molar-refractivity contribution in [1.82, 2.24) is 15.2 Å². The molecule has 0 aromatic carbocycles. The highest BCUT2D eigenvalue weighted by atomic mass is 16.5. The molecule has 0 bridgehead atoms. The van der Waals surface area contributed by atoms with Gasteiger partial charge in [-0.3, -0.25) is 10.1 Å². The van der Waals surface area contributed by atoms with Crippen molar-refractivity contribution < 1.29 is 9.53 Å². The lowest BCUT2D eigenvalue weighted by molar-refractivity contribution is -0.124. The summed E-state index contributed by atoms with van der Waals surface area (Å²) in [5, 5.41) is 9.34. The first-order valence-electron chi connectivity index (χ1n) is 6.89. The van der Waals surface area contributed by atoms with Crippen molar-refractivity contribution in [2.75, 3.05) is 11.9 Å². The largest absolute Gasteiger partial charge is 0.463 e. The number of carbonyl (C=O) groups is 1. The fraction of sp³-hybridized carbons (Fsp3) is 0.769. The summed E-state index contributed by atoms with van der Waals surface area (Å²) in [5.74, 6) is 0.403. The van der Waals surface area contributed by atoms with Crippen molar-refractivity contribution in [3.63, 3.8) is 0 Å². The Kier molecular flexibility index (Phi) is 4.07. The second-order valence-electron chi connectivity index (χ2n) is 5.68. The fourth-order valence-electron chi connectivity index (χ4n) is 2.68. The number of aromatic amines is 1.